The van der Waals surface area contributed by atoms with Gasteiger partial charge in [0.2, 0.25) is 0 Å². The maximum absolute atomic E-state index is 10.5. The Balaban J connectivity index is 2.59. The summed E-state index contributed by atoms with van der Waals surface area (Å²) in [5.74, 6) is 0.745. The molecule has 0 unspecified atom stereocenters. The molecular formula is C11H5Cl2IO2. The lowest BCUT2D eigenvalue weighted by molar-refractivity contribution is 0.110. The third-order valence-corrected chi connectivity index (χ3v) is 3.22. The Morgan fingerprint density at radius 2 is 1.81 bits per heavy atom. The molecular weight excluding hydrogens is 362 g/mol. The molecule has 0 aliphatic carbocycles. The predicted molar refractivity (Wildman–Crippen MR) is 72.3 cm³/mol. The number of hydrogen-bond acceptors (Lipinski definition) is 2. The Morgan fingerprint density at radius 3 is 2.31 bits per heavy atom. The maximum atomic E-state index is 10.5. The van der Waals surface area contributed by atoms with Gasteiger partial charge in [-0.1, -0.05) is 23.2 Å². The summed E-state index contributed by atoms with van der Waals surface area (Å²) in [6.07, 6.45) is 0.637. The lowest BCUT2D eigenvalue weighted by Gasteiger charge is -2.04. The minimum Gasteiger partial charge on any atom is -0.453 e. The highest BCUT2D eigenvalue weighted by atomic mass is 127. The van der Waals surface area contributed by atoms with Crippen molar-refractivity contribution in [3.63, 3.8) is 0 Å². The quantitative estimate of drug-likeness (QED) is 0.571. The highest BCUT2D eigenvalue weighted by molar-refractivity contribution is 14.1. The maximum Gasteiger partial charge on any atom is 0.185 e. The van der Waals surface area contributed by atoms with E-state index in [1.807, 2.05) is 0 Å². The van der Waals surface area contributed by atoms with Crippen LogP contribution in [0.2, 0.25) is 10.0 Å². The van der Waals surface area contributed by atoms with Crippen molar-refractivity contribution in [2.24, 2.45) is 0 Å². The van der Waals surface area contributed by atoms with Crippen molar-refractivity contribution in [3.05, 3.63) is 43.6 Å². The Kier molecular flexibility index (Phi) is 3.56. The summed E-state index contributed by atoms with van der Waals surface area (Å²) in [4.78, 5) is 10.5. The fourth-order valence-corrected chi connectivity index (χ4v) is 2.99. The number of hydrogen-bond donors (Lipinski definition) is 0. The molecule has 0 saturated heterocycles. The molecule has 16 heavy (non-hydrogen) atoms. The average Bonchev–Trinajstić information content (AvgIpc) is 2.64. The fraction of sp³-hybridized carbons (Fsp3) is 0. The molecule has 0 aliphatic heterocycles. The molecule has 0 radical (unpaired) electrons. The zero-order chi connectivity index (χ0) is 11.7. The zero-order valence-corrected chi connectivity index (χ0v) is 11.5. The summed E-state index contributed by atoms with van der Waals surface area (Å²) >= 11 is 14.3. The van der Waals surface area contributed by atoms with E-state index < -0.39 is 0 Å². The van der Waals surface area contributed by atoms with Crippen LogP contribution in [-0.2, 0) is 0 Å². The topological polar surface area (TPSA) is 30.2 Å². The van der Waals surface area contributed by atoms with E-state index in [1.54, 1.807) is 24.3 Å². The van der Waals surface area contributed by atoms with Crippen LogP contribution in [0.15, 0.2) is 28.7 Å². The third kappa shape index (κ3) is 2.26. The lowest BCUT2D eigenvalue weighted by Crippen LogP contribution is -1.81. The van der Waals surface area contributed by atoms with Crippen LogP contribution in [0, 0.1) is 3.57 Å². The molecule has 0 N–H and O–H groups in total. The summed E-state index contributed by atoms with van der Waals surface area (Å²) in [6, 6.07) is 6.81. The Hall–Kier alpha value is -0.520. The normalized spacial score (nSPS) is 10.4. The van der Waals surface area contributed by atoms with E-state index in [1.165, 1.54) is 0 Å². The van der Waals surface area contributed by atoms with Gasteiger partial charge in [-0.05, 0) is 46.9 Å². The highest BCUT2D eigenvalue weighted by Gasteiger charge is 2.13. The molecule has 0 bridgehead atoms. The van der Waals surface area contributed by atoms with Crippen molar-refractivity contribution in [3.8, 4) is 11.3 Å². The van der Waals surface area contributed by atoms with E-state index in [-0.39, 0.29) is 5.76 Å². The number of aldehydes is 1. The van der Waals surface area contributed by atoms with Gasteiger partial charge in [-0.3, -0.25) is 4.79 Å². The molecule has 82 valence electrons. The minimum absolute atomic E-state index is 0.251. The van der Waals surface area contributed by atoms with Crippen LogP contribution in [0.5, 0.6) is 0 Å². The molecule has 0 fully saturated rings. The number of benzene rings is 1. The number of furan rings is 1. The van der Waals surface area contributed by atoms with Gasteiger partial charge in [-0.25, -0.2) is 0 Å². The van der Waals surface area contributed by atoms with E-state index in [0.29, 0.717) is 27.7 Å². The van der Waals surface area contributed by atoms with Crippen LogP contribution in [0.3, 0.4) is 0 Å². The number of carbonyl (C=O) groups is 1. The second-order valence-corrected chi connectivity index (χ2v) is 5.12. The van der Waals surface area contributed by atoms with Crippen molar-refractivity contribution in [1.82, 2.24) is 0 Å². The molecule has 0 atom stereocenters. The third-order valence-electron chi connectivity index (χ3n) is 2.00. The van der Waals surface area contributed by atoms with E-state index in [2.05, 4.69) is 22.6 Å². The van der Waals surface area contributed by atoms with Crippen molar-refractivity contribution in [2.45, 2.75) is 0 Å². The smallest absolute Gasteiger partial charge is 0.185 e. The minimum atomic E-state index is 0.251. The number of halogens is 3. The first-order valence-electron chi connectivity index (χ1n) is 4.31. The molecule has 2 nitrogen and oxygen atoms in total. The van der Waals surface area contributed by atoms with Gasteiger partial charge < -0.3 is 4.42 Å². The van der Waals surface area contributed by atoms with Crippen LogP contribution in [0.4, 0.5) is 0 Å². The van der Waals surface area contributed by atoms with Gasteiger partial charge in [-0.2, -0.15) is 0 Å². The van der Waals surface area contributed by atoms with Gasteiger partial charge in [0.05, 0.1) is 15.6 Å². The van der Waals surface area contributed by atoms with Crippen molar-refractivity contribution in [1.29, 1.82) is 0 Å². The molecule has 0 spiro atoms. The molecule has 1 heterocycles. The molecule has 0 aliphatic rings. The van der Waals surface area contributed by atoms with E-state index in [9.17, 15) is 4.79 Å². The van der Waals surface area contributed by atoms with Crippen molar-refractivity contribution in [2.75, 3.05) is 0 Å². The molecule has 2 aromatic rings. The standard InChI is InChI=1S/C11H5Cl2IO2/c12-8-3-6(14)4-9(13)11(8)10-2-1-7(5-15)16-10/h1-5H. The van der Waals surface area contributed by atoms with E-state index in [4.69, 9.17) is 27.6 Å². The number of rotatable bonds is 2. The zero-order valence-electron chi connectivity index (χ0n) is 7.84. The van der Waals surface area contributed by atoms with Crippen LogP contribution in [0.1, 0.15) is 10.6 Å². The van der Waals surface area contributed by atoms with Gasteiger partial charge in [-0.15, -0.1) is 0 Å². The van der Waals surface area contributed by atoms with Crippen LogP contribution >= 0.6 is 45.8 Å². The molecule has 0 saturated carbocycles. The predicted octanol–water partition coefficient (Wildman–Crippen LogP) is 4.67. The highest BCUT2D eigenvalue weighted by Crippen LogP contribution is 2.36. The first-order chi connectivity index (χ1) is 7.61. The van der Waals surface area contributed by atoms with Crippen molar-refractivity contribution < 1.29 is 9.21 Å². The average molecular weight is 367 g/mol. The van der Waals surface area contributed by atoms with Crippen LogP contribution < -0.4 is 0 Å². The van der Waals surface area contributed by atoms with Gasteiger partial charge in [0.1, 0.15) is 5.76 Å². The monoisotopic (exact) mass is 366 g/mol. The van der Waals surface area contributed by atoms with E-state index in [0.717, 1.165) is 3.57 Å². The Labute approximate surface area is 116 Å². The van der Waals surface area contributed by atoms with Crippen LogP contribution in [0.25, 0.3) is 11.3 Å². The fourth-order valence-electron chi connectivity index (χ4n) is 1.33. The summed E-state index contributed by atoms with van der Waals surface area (Å²) in [6.45, 7) is 0. The molecule has 2 rings (SSSR count). The first kappa shape index (κ1) is 12.0. The summed E-state index contributed by atoms with van der Waals surface area (Å²) in [7, 11) is 0. The Morgan fingerprint density at radius 1 is 1.19 bits per heavy atom. The van der Waals surface area contributed by atoms with Gasteiger partial charge in [0.15, 0.2) is 12.0 Å². The molecule has 1 aromatic carbocycles. The summed E-state index contributed by atoms with van der Waals surface area (Å²) in [5, 5.41) is 1.01. The van der Waals surface area contributed by atoms with Gasteiger partial charge in [0, 0.05) is 3.57 Å². The summed E-state index contributed by atoms with van der Waals surface area (Å²) in [5.41, 5.74) is 0.608. The largest absolute Gasteiger partial charge is 0.453 e. The van der Waals surface area contributed by atoms with Crippen LogP contribution in [-0.4, -0.2) is 6.29 Å². The molecule has 0 amide bonds. The van der Waals surface area contributed by atoms with E-state index >= 15 is 0 Å². The van der Waals surface area contributed by atoms with Gasteiger partial charge >= 0.3 is 0 Å². The van der Waals surface area contributed by atoms with Gasteiger partial charge in [0.25, 0.3) is 0 Å². The Bertz CT molecular complexity index is 526. The molecule has 5 heteroatoms. The first-order valence-corrected chi connectivity index (χ1v) is 6.15. The van der Waals surface area contributed by atoms with Crippen molar-refractivity contribution >= 4 is 52.1 Å². The second kappa shape index (κ2) is 4.77. The lowest BCUT2D eigenvalue weighted by atomic mass is 10.2. The second-order valence-electron chi connectivity index (χ2n) is 3.06. The number of carbonyl (C=O) groups excluding carboxylic acids is 1. The SMILES string of the molecule is O=Cc1ccc(-c2c(Cl)cc(I)cc2Cl)o1. The molecule has 1 aromatic heterocycles. The summed E-state index contributed by atoms with van der Waals surface area (Å²) < 4.78 is 6.22.